The van der Waals surface area contributed by atoms with Crippen LogP contribution in [0.25, 0.3) is 0 Å². The van der Waals surface area contributed by atoms with Gasteiger partial charge in [-0.15, -0.1) is 0 Å². The van der Waals surface area contributed by atoms with E-state index in [4.69, 9.17) is 5.11 Å². The number of hydrogen-bond acceptors (Lipinski definition) is 2. The molecule has 0 amide bonds. The largest absolute Gasteiger partial charge is 0.478 e. The van der Waals surface area contributed by atoms with Gasteiger partial charge in [-0.05, 0) is 44.4 Å². The SMILES string of the molecule is CC1=C2C=C(C(F)(F)F)C=CN2C(C)=C(C(=O)O)CC1. The Morgan fingerprint density at radius 2 is 1.95 bits per heavy atom. The lowest BCUT2D eigenvalue weighted by Gasteiger charge is -2.28. The molecule has 20 heavy (non-hydrogen) atoms. The molecular weight excluding hydrogens is 271 g/mol. The van der Waals surface area contributed by atoms with Gasteiger partial charge in [0, 0.05) is 17.6 Å². The van der Waals surface area contributed by atoms with Gasteiger partial charge in [-0.3, -0.25) is 0 Å². The Morgan fingerprint density at radius 1 is 1.30 bits per heavy atom. The normalized spacial score (nSPS) is 19.9. The predicted octanol–water partition coefficient (Wildman–Crippen LogP) is 3.73. The molecule has 2 heterocycles. The van der Waals surface area contributed by atoms with Crippen molar-refractivity contribution in [1.29, 1.82) is 0 Å². The third kappa shape index (κ3) is 2.50. The number of carboxylic acid groups (broad SMARTS) is 1. The zero-order valence-electron chi connectivity index (χ0n) is 11.1. The lowest BCUT2D eigenvalue weighted by atomic mass is 10.0. The molecule has 0 aromatic heterocycles. The maximum absolute atomic E-state index is 12.8. The first-order valence-electron chi connectivity index (χ1n) is 6.11. The highest BCUT2D eigenvalue weighted by atomic mass is 19.4. The van der Waals surface area contributed by atoms with Gasteiger partial charge in [0.1, 0.15) is 0 Å². The number of nitrogens with zero attached hydrogens (tertiary/aromatic N) is 1. The standard InChI is InChI=1S/C14H14F3NO2/c1-8-3-4-11(13(19)20)9(2)18-6-5-10(7-12(8)18)14(15,16)17/h5-7H,3-4H2,1-2H3,(H,19,20). The Kier molecular flexibility index (Phi) is 3.50. The van der Waals surface area contributed by atoms with Gasteiger partial charge < -0.3 is 10.0 Å². The van der Waals surface area contributed by atoms with Crippen LogP contribution in [-0.4, -0.2) is 22.2 Å². The van der Waals surface area contributed by atoms with Crippen molar-refractivity contribution in [2.45, 2.75) is 32.9 Å². The molecule has 0 aromatic rings. The van der Waals surface area contributed by atoms with E-state index in [-0.39, 0.29) is 5.57 Å². The summed E-state index contributed by atoms with van der Waals surface area (Å²) in [4.78, 5) is 12.7. The first kappa shape index (κ1) is 14.4. The summed E-state index contributed by atoms with van der Waals surface area (Å²) < 4.78 is 38.3. The molecule has 2 aliphatic heterocycles. The number of halogens is 3. The topological polar surface area (TPSA) is 40.5 Å². The van der Waals surface area contributed by atoms with Gasteiger partial charge in [0.15, 0.2) is 0 Å². The lowest BCUT2D eigenvalue weighted by Crippen LogP contribution is -2.22. The lowest BCUT2D eigenvalue weighted by molar-refractivity contribution is -0.132. The molecule has 2 rings (SSSR count). The molecular formula is C14H14F3NO2. The minimum atomic E-state index is -4.41. The van der Waals surface area contributed by atoms with Crippen LogP contribution in [0.5, 0.6) is 0 Å². The molecule has 0 bridgehead atoms. The van der Waals surface area contributed by atoms with Gasteiger partial charge in [0.05, 0.1) is 11.1 Å². The Morgan fingerprint density at radius 3 is 2.50 bits per heavy atom. The van der Waals surface area contributed by atoms with Crippen LogP contribution in [0.4, 0.5) is 13.2 Å². The summed E-state index contributed by atoms with van der Waals surface area (Å²) in [6.45, 7) is 3.34. The fourth-order valence-electron chi connectivity index (χ4n) is 2.33. The van der Waals surface area contributed by atoms with Crippen molar-refractivity contribution in [2.24, 2.45) is 0 Å². The van der Waals surface area contributed by atoms with Crippen molar-refractivity contribution >= 4 is 5.97 Å². The average Bonchev–Trinajstić information content (AvgIpc) is 2.47. The van der Waals surface area contributed by atoms with E-state index in [2.05, 4.69) is 0 Å². The minimum absolute atomic E-state index is 0.229. The van der Waals surface area contributed by atoms with Crippen molar-refractivity contribution in [3.63, 3.8) is 0 Å². The summed E-state index contributed by atoms with van der Waals surface area (Å²) in [6.07, 6.45) is -0.342. The zero-order chi connectivity index (χ0) is 15.1. The van der Waals surface area contributed by atoms with Gasteiger partial charge in [-0.1, -0.05) is 0 Å². The molecule has 0 spiro atoms. The van der Waals surface area contributed by atoms with Crippen LogP contribution in [0.1, 0.15) is 26.7 Å². The first-order chi connectivity index (χ1) is 9.21. The Hall–Kier alpha value is -1.98. The van der Waals surface area contributed by atoms with Crippen molar-refractivity contribution in [3.05, 3.63) is 46.5 Å². The molecule has 6 heteroatoms. The molecule has 108 valence electrons. The number of carboxylic acids is 1. The van der Waals surface area contributed by atoms with E-state index in [0.29, 0.717) is 24.2 Å². The van der Waals surface area contributed by atoms with E-state index >= 15 is 0 Å². The average molecular weight is 285 g/mol. The van der Waals surface area contributed by atoms with Crippen LogP contribution in [0.3, 0.4) is 0 Å². The summed E-state index contributed by atoms with van der Waals surface area (Å²) >= 11 is 0. The van der Waals surface area contributed by atoms with Crippen LogP contribution in [-0.2, 0) is 4.79 Å². The number of aliphatic carboxylic acids is 1. The maximum Gasteiger partial charge on any atom is 0.416 e. The summed E-state index contributed by atoms with van der Waals surface area (Å²) in [6, 6.07) is 0. The number of rotatable bonds is 1. The van der Waals surface area contributed by atoms with Crippen molar-refractivity contribution in [3.8, 4) is 0 Å². The molecule has 0 aromatic carbocycles. The van der Waals surface area contributed by atoms with E-state index in [1.165, 1.54) is 11.1 Å². The van der Waals surface area contributed by atoms with Crippen LogP contribution in [0.2, 0.25) is 0 Å². The van der Waals surface area contributed by atoms with Crippen LogP contribution in [0.15, 0.2) is 46.5 Å². The second-order valence-electron chi connectivity index (χ2n) is 4.82. The van der Waals surface area contributed by atoms with Crippen molar-refractivity contribution in [1.82, 2.24) is 4.90 Å². The molecule has 0 saturated heterocycles. The highest BCUT2D eigenvalue weighted by Crippen LogP contribution is 2.37. The van der Waals surface area contributed by atoms with Crippen molar-refractivity contribution < 1.29 is 23.1 Å². The van der Waals surface area contributed by atoms with Gasteiger partial charge in [-0.2, -0.15) is 13.2 Å². The summed E-state index contributed by atoms with van der Waals surface area (Å²) in [5, 5.41) is 9.17. The second kappa shape index (κ2) is 4.85. The van der Waals surface area contributed by atoms with E-state index in [1.807, 2.05) is 0 Å². The van der Waals surface area contributed by atoms with E-state index in [0.717, 1.165) is 17.7 Å². The molecule has 0 aliphatic carbocycles. The van der Waals surface area contributed by atoms with Crippen molar-refractivity contribution in [2.75, 3.05) is 0 Å². The quantitative estimate of drug-likeness (QED) is 0.798. The van der Waals surface area contributed by atoms with Gasteiger partial charge in [-0.25, -0.2) is 4.79 Å². The smallest absolute Gasteiger partial charge is 0.416 e. The summed E-state index contributed by atoms with van der Waals surface area (Å²) in [5.41, 5.74) is 1.11. The van der Waals surface area contributed by atoms with E-state index in [1.54, 1.807) is 13.8 Å². The Bertz CT molecular complexity index is 580. The second-order valence-corrected chi connectivity index (χ2v) is 4.82. The molecule has 3 nitrogen and oxygen atoms in total. The summed E-state index contributed by atoms with van der Waals surface area (Å²) in [7, 11) is 0. The number of carbonyl (C=O) groups is 1. The number of fused-ring (bicyclic) bond motifs is 1. The van der Waals surface area contributed by atoms with Gasteiger partial charge in [0.2, 0.25) is 0 Å². The molecule has 2 aliphatic rings. The Labute approximate surface area is 114 Å². The van der Waals surface area contributed by atoms with E-state index in [9.17, 15) is 18.0 Å². The third-order valence-electron chi connectivity index (χ3n) is 3.53. The van der Waals surface area contributed by atoms with Crippen LogP contribution in [0, 0.1) is 0 Å². The molecule has 1 N–H and O–H groups in total. The third-order valence-corrected chi connectivity index (χ3v) is 3.53. The zero-order valence-corrected chi connectivity index (χ0v) is 11.1. The number of hydrogen-bond donors (Lipinski definition) is 1. The minimum Gasteiger partial charge on any atom is -0.478 e. The van der Waals surface area contributed by atoms with Crippen LogP contribution >= 0.6 is 0 Å². The molecule has 0 saturated carbocycles. The fourth-order valence-corrected chi connectivity index (χ4v) is 2.33. The molecule has 0 fully saturated rings. The van der Waals surface area contributed by atoms with E-state index < -0.39 is 17.7 Å². The first-order valence-corrected chi connectivity index (χ1v) is 6.11. The number of alkyl halides is 3. The fraction of sp³-hybridized carbons (Fsp3) is 0.357. The monoisotopic (exact) mass is 285 g/mol. The Balaban J connectivity index is 2.51. The molecule has 0 atom stereocenters. The van der Waals surface area contributed by atoms with Crippen LogP contribution < -0.4 is 0 Å². The highest BCUT2D eigenvalue weighted by Gasteiger charge is 2.35. The molecule has 0 unspecified atom stereocenters. The summed E-state index contributed by atoms with van der Waals surface area (Å²) in [5.74, 6) is -1.03. The van der Waals surface area contributed by atoms with Gasteiger partial charge in [0.25, 0.3) is 0 Å². The van der Waals surface area contributed by atoms with Gasteiger partial charge >= 0.3 is 12.1 Å². The molecule has 0 radical (unpaired) electrons. The number of allylic oxidation sites excluding steroid dienone is 5. The maximum atomic E-state index is 12.8. The highest BCUT2D eigenvalue weighted by molar-refractivity contribution is 5.87. The predicted molar refractivity (Wildman–Crippen MR) is 67.4 cm³/mol.